The molecule has 1 aliphatic carbocycles. The van der Waals surface area contributed by atoms with Crippen molar-refractivity contribution in [2.75, 3.05) is 36.4 Å². The number of para-hydroxylation sites is 1. The molecule has 0 amide bonds. The van der Waals surface area contributed by atoms with Gasteiger partial charge in [-0.25, -0.2) is 28.7 Å². The molecule has 4 heterocycles. The van der Waals surface area contributed by atoms with Crippen LogP contribution in [-0.2, 0) is 0 Å². The third kappa shape index (κ3) is 4.26. The summed E-state index contributed by atoms with van der Waals surface area (Å²) in [4.78, 5) is 20.7. The molecule has 35 heavy (non-hydrogen) atoms. The molecule has 1 saturated heterocycles. The van der Waals surface area contributed by atoms with Crippen LogP contribution < -0.4 is 15.5 Å². The van der Waals surface area contributed by atoms with Crippen molar-refractivity contribution in [2.24, 2.45) is 0 Å². The summed E-state index contributed by atoms with van der Waals surface area (Å²) in [5.41, 5.74) is 2.13. The Balaban J connectivity index is 1.47. The Kier molecular flexibility index (Phi) is 5.66. The van der Waals surface area contributed by atoms with E-state index in [0.717, 1.165) is 55.8 Å². The van der Waals surface area contributed by atoms with E-state index in [-0.39, 0.29) is 11.5 Å². The van der Waals surface area contributed by atoms with Gasteiger partial charge in [0.05, 0.1) is 5.39 Å². The first-order chi connectivity index (χ1) is 17.1. The number of rotatable bonds is 5. The number of hydrogen-bond donors (Lipinski definition) is 2. The van der Waals surface area contributed by atoms with Gasteiger partial charge in [-0.2, -0.15) is 0 Å². The predicted molar refractivity (Wildman–Crippen MR) is 132 cm³/mol. The van der Waals surface area contributed by atoms with Crippen LogP contribution in [0, 0.1) is 11.6 Å². The number of anilines is 3. The summed E-state index contributed by atoms with van der Waals surface area (Å²) in [5, 5.41) is 7.40. The molecular weight excluding hydrogens is 472 g/mol. The maximum Gasteiger partial charge on any atom is 0.162 e. The van der Waals surface area contributed by atoms with Crippen molar-refractivity contribution in [2.45, 2.75) is 18.8 Å². The second-order valence-corrected chi connectivity index (χ2v) is 9.12. The minimum absolute atomic E-state index is 0.264. The molecule has 2 aliphatic rings. The van der Waals surface area contributed by atoms with E-state index >= 15 is 0 Å². The lowest BCUT2D eigenvalue weighted by molar-refractivity contribution is 0.586. The quantitative estimate of drug-likeness (QED) is 0.377. The van der Waals surface area contributed by atoms with Gasteiger partial charge in [-0.3, -0.25) is 0 Å². The van der Waals surface area contributed by atoms with Crippen molar-refractivity contribution in [1.29, 1.82) is 0 Å². The highest BCUT2D eigenvalue weighted by Crippen LogP contribution is 2.46. The first kappa shape index (κ1) is 22.1. The molecule has 0 atom stereocenters. The predicted octanol–water partition coefficient (Wildman–Crippen LogP) is 5.05. The summed E-state index contributed by atoms with van der Waals surface area (Å²) < 4.78 is 28.3. The van der Waals surface area contributed by atoms with Crippen molar-refractivity contribution < 1.29 is 8.78 Å². The van der Waals surface area contributed by atoms with Crippen LogP contribution in [0.25, 0.3) is 22.3 Å². The molecule has 6 rings (SSSR count). The number of halogens is 3. The normalized spacial score (nSPS) is 16.0. The highest BCUT2D eigenvalue weighted by molar-refractivity contribution is 6.34. The summed E-state index contributed by atoms with van der Waals surface area (Å²) >= 11 is 6.56. The van der Waals surface area contributed by atoms with Crippen LogP contribution in [0.4, 0.5) is 26.1 Å². The number of pyridine rings is 2. The Bertz CT molecular complexity index is 1400. The van der Waals surface area contributed by atoms with Gasteiger partial charge in [0.15, 0.2) is 11.0 Å². The van der Waals surface area contributed by atoms with Crippen molar-refractivity contribution in [1.82, 2.24) is 25.3 Å². The number of nitrogens with one attached hydrogen (secondary N) is 2. The van der Waals surface area contributed by atoms with E-state index in [0.29, 0.717) is 28.0 Å². The minimum Gasteiger partial charge on any atom is -0.353 e. The smallest absolute Gasteiger partial charge is 0.162 e. The first-order valence-electron chi connectivity index (χ1n) is 11.6. The second kappa shape index (κ2) is 8.98. The summed E-state index contributed by atoms with van der Waals surface area (Å²) in [6.45, 7) is 3.34. The fourth-order valence-corrected chi connectivity index (χ4v) is 4.62. The zero-order valence-corrected chi connectivity index (χ0v) is 19.5. The molecule has 0 unspecified atom stereocenters. The van der Waals surface area contributed by atoms with E-state index in [1.165, 1.54) is 18.2 Å². The van der Waals surface area contributed by atoms with E-state index in [2.05, 4.69) is 25.5 Å². The molecule has 10 heteroatoms. The van der Waals surface area contributed by atoms with Crippen molar-refractivity contribution in [3.63, 3.8) is 0 Å². The van der Waals surface area contributed by atoms with Gasteiger partial charge in [-0.1, -0.05) is 17.7 Å². The second-order valence-electron chi connectivity index (χ2n) is 8.76. The highest BCUT2D eigenvalue weighted by Gasteiger charge is 2.30. The molecule has 7 nitrogen and oxygen atoms in total. The molecule has 0 bridgehead atoms. The highest BCUT2D eigenvalue weighted by atomic mass is 35.5. The SMILES string of the molecule is Fc1cccc(F)c1Nc1cc(-c2nc(N3CCNCC3)c3c(C4CC4)cnc(Cl)c3n2)ccn1. The van der Waals surface area contributed by atoms with E-state index in [1.54, 1.807) is 18.3 Å². The molecule has 1 aromatic carbocycles. The van der Waals surface area contributed by atoms with Crippen molar-refractivity contribution in [3.8, 4) is 11.4 Å². The molecule has 2 fully saturated rings. The standard InChI is InChI=1S/C25H22ClF2N7/c26-23-22-20(16(13-31-23)14-4-5-14)25(35-10-8-29-9-11-35)34-24(33-22)15-6-7-30-19(12-15)32-21-17(27)2-1-3-18(21)28/h1-3,6-7,12-14,29H,4-5,8-11H2,(H,30,32). The Hall–Kier alpha value is -3.43. The van der Waals surface area contributed by atoms with Crippen LogP contribution in [-0.4, -0.2) is 46.1 Å². The average molecular weight is 494 g/mol. The fourth-order valence-electron chi connectivity index (χ4n) is 4.44. The molecular formula is C25H22ClF2N7. The summed E-state index contributed by atoms with van der Waals surface area (Å²) in [7, 11) is 0. The van der Waals surface area contributed by atoms with Crippen molar-refractivity contribution in [3.05, 3.63) is 65.1 Å². The molecule has 2 N–H and O–H groups in total. The third-order valence-electron chi connectivity index (χ3n) is 6.36. The number of aromatic nitrogens is 4. The van der Waals surface area contributed by atoms with Gasteiger partial charge in [0, 0.05) is 44.1 Å². The Labute approximate surface area is 205 Å². The van der Waals surface area contributed by atoms with Gasteiger partial charge < -0.3 is 15.5 Å². The number of hydrogen-bond acceptors (Lipinski definition) is 7. The molecule has 1 aliphatic heterocycles. The lowest BCUT2D eigenvalue weighted by atomic mass is 10.1. The molecule has 1 saturated carbocycles. The lowest BCUT2D eigenvalue weighted by Crippen LogP contribution is -2.44. The monoisotopic (exact) mass is 493 g/mol. The molecule has 3 aromatic heterocycles. The zero-order chi connectivity index (χ0) is 23.9. The maximum absolute atomic E-state index is 14.2. The van der Waals surface area contributed by atoms with Gasteiger partial charge >= 0.3 is 0 Å². The van der Waals surface area contributed by atoms with E-state index in [1.807, 2.05) is 6.20 Å². The molecule has 4 aromatic rings. The van der Waals surface area contributed by atoms with Gasteiger partial charge in [0.1, 0.15) is 34.5 Å². The molecule has 0 spiro atoms. The van der Waals surface area contributed by atoms with E-state index in [4.69, 9.17) is 21.6 Å². The van der Waals surface area contributed by atoms with Gasteiger partial charge in [0.2, 0.25) is 0 Å². The van der Waals surface area contributed by atoms with Crippen molar-refractivity contribution >= 4 is 39.8 Å². The lowest BCUT2D eigenvalue weighted by Gasteiger charge is -2.30. The van der Waals surface area contributed by atoms with E-state index < -0.39 is 11.6 Å². The largest absolute Gasteiger partial charge is 0.353 e. The first-order valence-corrected chi connectivity index (χ1v) is 12.0. The molecule has 0 radical (unpaired) electrons. The summed E-state index contributed by atoms with van der Waals surface area (Å²) in [5.74, 6) is 0.600. The summed E-state index contributed by atoms with van der Waals surface area (Å²) in [6.07, 6.45) is 5.64. The molecule has 178 valence electrons. The van der Waals surface area contributed by atoms with Crippen LogP contribution in [0.2, 0.25) is 5.15 Å². The topological polar surface area (TPSA) is 78.9 Å². The fraction of sp³-hybridized carbons (Fsp3) is 0.280. The number of piperazine rings is 1. The number of fused-ring (bicyclic) bond motifs is 1. The van der Waals surface area contributed by atoms with Crippen LogP contribution in [0.5, 0.6) is 0 Å². The Morgan fingerprint density at radius 3 is 2.54 bits per heavy atom. The third-order valence-corrected chi connectivity index (χ3v) is 6.64. The van der Waals surface area contributed by atoms with E-state index in [9.17, 15) is 8.78 Å². The Morgan fingerprint density at radius 2 is 1.80 bits per heavy atom. The summed E-state index contributed by atoms with van der Waals surface area (Å²) in [6, 6.07) is 7.12. The van der Waals surface area contributed by atoms with Crippen LogP contribution in [0.1, 0.15) is 24.3 Å². The van der Waals surface area contributed by atoms with Gasteiger partial charge in [-0.15, -0.1) is 0 Å². The van der Waals surface area contributed by atoms with Gasteiger partial charge in [0.25, 0.3) is 0 Å². The number of nitrogens with zero attached hydrogens (tertiary/aromatic N) is 5. The Morgan fingerprint density at radius 1 is 1.03 bits per heavy atom. The zero-order valence-electron chi connectivity index (χ0n) is 18.7. The maximum atomic E-state index is 14.2. The average Bonchev–Trinajstić information content (AvgIpc) is 3.72. The van der Waals surface area contributed by atoms with Crippen LogP contribution in [0.15, 0.2) is 42.7 Å². The van der Waals surface area contributed by atoms with Crippen LogP contribution >= 0.6 is 11.6 Å². The van der Waals surface area contributed by atoms with Gasteiger partial charge in [-0.05, 0) is 48.6 Å². The minimum atomic E-state index is -0.703. The number of benzene rings is 1. The van der Waals surface area contributed by atoms with Crippen LogP contribution in [0.3, 0.4) is 0 Å².